The van der Waals surface area contributed by atoms with Gasteiger partial charge < -0.3 is 71.5 Å². The molecule has 0 aromatic carbocycles. The highest BCUT2D eigenvalue weighted by molar-refractivity contribution is 5.92. The topological polar surface area (TPSA) is 533 Å². The summed E-state index contributed by atoms with van der Waals surface area (Å²) in [6.07, 6.45) is 16.3. The molecule has 0 aromatic heterocycles. The Hall–Kier alpha value is -9.90. The van der Waals surface area contributed by atoms with Crippen molar-refractivity contribution in [2.75, 3.05) is 65.4 Å². The first-order valence-corrected chi connectivity index (χ1v) is 44.7. The molecule has 0 saturated carbocycles. The Bertz CT molecular complexity index is 3120. The monoisotopic (exact) mass is 1770 g/mol. The van der Waals surface area contributed by atoms with Crippen molar-refractivity contribution in [1.82, 2.24) is 51.1 Å². The second-order valence-electron chi connectivity index (χ2n) is 31.9. The van der Waals surface area contributed by atoms with Crippen LogP contribution in [-0.4, -0.2) is 248 Å². The maximum atomic E-state index is 15.4. The molecule has 9 N–H and O–H groups in total. The van der Waals surface area contributed by atoms with Gasteiger partial charge in [0.05, 0.1) is 0 Å². The van der Waals surface area contributed by atoms with Crippen LogP contribution in [0.5, 0.6) is 0 Å². The van der Waals surface area contributed by atoms with Gasteiger partial charge in [-0.2, -0.15) is 38.4 Å². The lowest BCUT2D eigenvalue weighted by Crippen LogP contribution is -2.54. The average Bonchev–Trinajstić information content (AvgIpc) is 0.855. The van der Waals surface area contributed by atoms with E-state index in [1.807, 2.05) is 55.4 Å². The standard InChI is InChI=1S/C84H152N10O18.4CO2/c1-13-17-31-52-85-81(109)76(62(5)6)92(59-36-20-16-4)70(98)46-41-45-67(95)90(57-37-23-26-43-68(96)93(60-38-24-29-49-74(104)105)78(64(9)10)82(110)86-53-32-18-14-2)66(42-40-44-69(97)91(58-35-19-15-3)77(63(7)8)83(111)87-54-33-21-27-47-72(100)101)80(108)89-56-51-71(99)94(61-39-25-30-50-75(106)107)79(65(11)12)84(112)88-55-34-22-28-48-73(102)103;4*2-1-3/h62-66,76-79H,13-61H2,1-12H3,(H,85,109)(H,86,110)(H,87,111)(H,88,112)(H,89,108)(H,100,101)(H,102,103)(H,104,105)(H,106,107);;;;. The van der Waals surface area contributed by atoms with Crippen LogP contribution in [0.3, 0.4) is 0 Å². The Balaban J connectivity index is -0.00000370. The molecule has 0 aliphatic heterocycles. The molecule has 0 bridgehead atoms. The molecule has 36 nitrogen and oxygen atoms in total. The number of rotatable bonds is 71. The third kappa shape index (κ3) is 63.1. The van der Waals surface area contributed by atoms with Gasteiger partial charge in [0.2, 0.25) is 59.1 Å². The highest BCUT2D eigenvalue weighted by Gasteiger charge is 2.38. The Labute approximate surface area is 734 Å². The first kappa shape index (κ1) is 123. The number of nitrogens with zero attached hydrogens (tertiary/aromatic N) is 5. The summed E-state index contributed by atoms with van der Waals surface area (Å²) < 4.78 is 0. The van der Waals surface area contributed by atoms with Crippen molar-refractivity contribution in [3.8, 4) is 0 Å². The van der Waals surface area contributed by atoms with Crippen LogP contribution in [0.4, 0.5) is 0 Å². The van der Waals surface area contributed by atoms with Crippen molar-refractivity contribution >= 4 is 108 Å². The minimum absolute atomic E-state index is 0.00205. The van der Waals surface area contributed by atoms with Crippen molar-refractivity contribution in [3.63, 3.8) is 0 Å². The van der Waals surface area contributed by atoms with Crippen LogP contribution in [0.15, 0.2) is 0 Å². The molecule has 710 valence electrons. The molecule has 0 rings (SSSR count). The van der Waals surface area contributed by atoms with E-state index in [9.17, 15) is 67.7 Å². The molecule has 10 amide bonds. The number of carbonyl (C=O) groups is 14. The summed E-state index contributed by atoms with van der Waals surface area (Å²) in [4.78, 5) is 264. The first-order chi connectivity index (χ1) is 59.0. The minimum atomic E-state index is -1.30. The number of carboxylic acids is 4. The molecule has 124 heavy (non-hydrogen) atoms. The zero-order valence-corrected chi connectivity index (χ0v) is 76.4. The van der Waals surface area contributed by atoms with Crippen LogP contribution >= 0.6 is 0 Å². The van der Waals surface area contributed by atoms with Crippen LogP contribution in [0.2, 0.25) is 0 Å². The van der Waals surface area contributed by atoms with Gasteiger partial charge in [-0.15, -0.1) is 0 Å². The molecule has 0 spiro atoms. The van der Waals surface area contributed by atoms with Crippen molar-refractivity contribution in [1.29, 1.82) is 0 Å². The third-order valence-electron chi connectivity index (χ3n) is 20.3. The Morgan fingerprint density at radius 2 is 0.435 bits per heavy atom. The summed E-state index contributed by atoms with van der Waals surface area (Å²) in [6.45, 7) is 25.0. The minimum Gasteiger partial charge on any atom is -0.481 e. The van der Waals surface area contributed by atoms with E-state index < -0.39 is 83.6 Å². The molecule has 0 heterocycles. The molecule has 0 fully saturated rings. The zero-order valence-electron chi connectivity index (χ0n) is 76.4. The summed E-state index contributed by atoms with van der Waals surface area (Å²) in [5.74, 6) is -8.94. The number of amides is 10. The second kappa shape index (κ2) is 81.4. The Morgan fingerprint density at radius 1 is 0.234 bits per heavy atom. The number of hydrogen-bond donors (Lipinski definition) is 9. The van der Waals surface area contributed by atoms with E-state index in [0.29, 0.717) is 122 Å². The normalized spacial score (nSPS) is 11.7. The quantitative estimate of drug-likeness (QED) is 0.0256. The summed E-state index contributed by atoms with van der Waals surface area (Å²) in [7, 11) is 0. The number of aliphatic carboxylic acids is 4. The van der Waals surface area contributed by atoms with Crippen LogP contribution < -0.4 is 26.6 Å². The second-order valence-corrected chi connectivity index (χ2v) is 31.9. The first-order valence-electron chi connectivity index (χ1n) is 44.7. The maximum Gasteiger partial charge on any atom is 0.373 e. The highest BCUT2D eigenvalue weighted by Crippen LogP contribution is 2.24. The van der Waals surface area contributed by atoms with Crippen LogP contribution in [0.25, 0.3) is 0 Å². The zero-order chi connectivity index (χ0) is 95.2. The van der Waals surface area contributed by atoms with E-state index in [-0.39, 0.29) is 207 Å². The summed E-state index contributed by atoms with van der Waals surface area (Å²) in [5, 5.41) is 51.9. The van der Waals surface area contributed by atoms with Gasteiger partial charge in [-0.05, 0) is 133 Å². The van der Waals surface area contributed by atoms with E-state index in [0.717, 1.165) is 64.2 Å². The van der Waals surface area contributed by atoms with Gasteiger partial charge in [0.25, 0.3) is 0 Å². The van der Waals surface area contributed by atoms with Crippen molar-refractivity contribution in [2.45, 2.75) is 364 Å². The Morgan fingerprint density at radius 3 is 0.702 bits per heavy atom. The Kier molecular flexibility index (Phi) is 80.5. The molecular formula is C88H152N10O26. The molecule has 0 radical (unpaired) electrons. The van der Waals surface area contributed by atoms with Gasteiger partial charge in [0.15, 0.2) is 0 Å². The third-order valence-corrected chi connectivity index (χ3v) is 20.3. The molecule has 0 aliphatic carbocycles. The van der Waals surface area contributed by atoms with Gasteiger partial charge in [-0.25, -0.2) is 0 Å². The molecule has 0 saturated heterocycles. The predicted molar refractivity (Wildman–Crippen MR) is 455 cm³/mol. The number of nitrogens with one attached hydrogen (secondary N) is 5. The van der Waals surface area contributed by atoms with Gasteiger partial charge in [-0.1, -0.05) is 167 Å². The number of unbranched alkanes of at least 4 members (excludes halogenated alkanes) is 18. The van der Waals surface area contributed by atoms with Gasteiger partial charge in [-0.3, -0.25) is 67.1 Å². The lowest BCUT2D eigenvalue weighted by atomic mass is 9.98. The molecule has 36 heteroatoms. The fourth-order valence-corrected chi connectivity index (χ4v) is 14.2. The average molecular weight is 1770 g/mol. The van der Waals surface area contributed by atoms with Crippen LogP contribution in [-0.2, 0) is 105 Å². The molecule has 0 aliphatic rings. The fraction of sp³-hybridized carbons (Fsp3) is 0.795. The molecule has 0 aromatic rings. The highest BCUT2D eigenvalue weighted by atomic mass is 16.4. The van der Waals surface area contributed by atoms with E-state index in [1.54, 1.807) is 28.5 Å². The largest absolute Gasteiger partial charge is 0.481 e. The fourth-order valence-electron chi connectivity index (χ4n) is 14.2. The lowest BCUT2D eigenvalue weighted by molar-refractivity contribution is -0.193. The summed E-state index contributed by atoms with van der Waals surface area (Å²) in [6, 6.07) is -4.75. The number of hydrogen-bond acceptors (Lipinski definition) is 22. The van der Waals surface area contributed by atoms with Crippen LogP contribution in [0, 0.1) is 23.7 Å². The van der Waals surface area contributed by atoms with E-state index >= 15 is 9.59 Å². The van der Waals surface area contributed by atoms with Crippen molar-refractivity contribution in [3.05, 3.63) is 0 Å². The summed E-state index contributed by atoms with van der Waals surface area (Å²) >= 11 is 0. The van der Waals surface area contributed by atoms with Gasteiger partial charge in [0, 0.05) is 123 Å². The lowest BCUT2D eigenvalue weighted by Gasteiger charge is -2.35. The summed E-state index contributed by atoms with van der Waals surface area (Å²) in [5.41, 5.74) is 0. The van der Waals surface area contributed by atoms with E-state index in [2.05, 4.69) is 40.4 Å². The number of carboxylic acid groups (broad SMARTS) is 4. The molecule has 5 atom stereocenters. The number of carbonyl (C=O) groups excluding carboxylic acids is 18. The van der Waals surface area contributed by atoms with E-state index in [1.165, 1.54) is 9.80 Å². The maximum absolute atomic E-state index is 15.4. The predicted octanol–water partition coefficient (Wildman–Crippen LogP) is 9.48. The van der Waals surface area contributed by atoms with Gasteiger partial charge >= 0.3 is 48.5 Å². The van der Waals surface area contributed by atoms with Crippen molar-refractivity contribution in [2.24, 2.45) is 23.7 Å². The molecular weight excluding hydrogens is 1610 g/mol. The van der Waals surface area contributed by atoms with Crippen molar-refractivity contribution < 1.29 is 126 Å². The molecule has 5 unspecified atom stereocenters. The SMILES string of the molecule is CCCCCNC(=O)C(C(C)C)N(CCCCCC(=O)O)C(=O)CCCCCN(C(=O)CCCC(=O)N(CCCCC)C(C(=O)NCCCCC)C(C)C)C(CCCC(=O)N(CCCCC)C(C(=O)NCCCCCC(=O)O)C(C)C)C(=O)NCCC(=O)N(CCCCCC(=O)O)C(C(=O)NCCCCCC(=O)O)C(C)C.O=C=O.O=C=O.O=C=O.O=C=O. The van der Waals surface area contributed by atoms with Crippen LogP contribution in [0.1, 0.15) is 333 Å². The van der Waals surface area contributed by atoms with Gasteiger partial charge in [0.1, 0.15) is 30.2 Å². The smallest absolute Gasteiger partial charge is 0.373 e. The van der Waals surface area contributed by atoms with E-state index in [4.69, 9.17) is 48.6 Å².